The van der Waals surface area contributed by atoms with E-state index in [9.17, 15) is 4.79 Å². The van der Waals surface area contributed by atoms with Gasteiger partial charge in [0.25, 0.3) is 0 Å². The fraction of sp³-hybridized carbons (Fsp3) is 0.667. The molecule has 1 rings (SSSR count). The summed E-state index contributed by atoms with van der Waals surface area (Å²) in [6.45, 7) is 3.06. The average Bonchev–Trinajstić information content (AvgIpc) is 1.88. The van der Waals surface area contributed by atoms with Crippen LogP contribution in [0.3, 0.4) is 0 Å². The van der Waals surface area contributed by atoms with Crippen molar-refractivity contribution in [3.8, 4) is 0 Å². The number of carbonyl (C=O) groups is 1. The van der Waals surface area contributed by atoms with Gasteiger partial charge >= 0.3 is 6.03 Å². The van der Waals surface area contributed by atoms with Gasteiger partial charge in [0.2, 0.25) is 0 Å². The number of primary amides is 1. The zero-order valence-electron chi connectivity index (χ0n) is 5.92. The lowest BCUT2D eigenvalue weighted by Gasteiger charge is -2.30. The van der Waals surface area contributed by atoms with Gasteiger partial charge in [-0.15, -0.1) is 0 Å². The molecular weight excluding hydrogens is 130 g/mol. The van der Waals surface area contributed by atoms with Crippen molar-refractivity contribution in [1.82, 2.24) is 9.80 Å². The minimum absolute atomic E-state index is 0.326. The summed E-state index contributed by atoms with van der Waals surface area (Å²) in [5.41, 5.74) is 5.06. The van der Waals surface area contributed by atoms with Crippen molar-refractivity contribution < 1.29 is 4.79 Å². The lowest BCUT2D eigenvalue weighted by atomic mass is 10.3. The monoisotopic (exact) mass is 142 g/mol. The summed E-state index contributed by atoms with van der Waals surface area (Å²) in [5, 5.41) is 0. The Labute approximate surface area is 60.6 Å². The Morgan fingerprint density at radius 1 is 1.30 bits per heavy atom. The van der Waals surface area contributed by atoms with Crippen LogP contribution in [0, 0.1) is 7.05 Å². The van der Waals surface area contributed by atoms with E-state index < -0.39 is 0 Å². The molecule has 1 fully saturated rings. The maximum Gasteiger partial charge on any atom is 0.314 e. The highest BCUT2D eigenvalue weighted by atomic mass is 16.2. The van der Waals surface area contributed by atoms with E-state index in [1.165, 1.54) is 0 Å². The minimum Gasteiger partial charge on any atom is -0.351 e. The third-order valence-corrected chi connectivity index (χ3v) is 1.68. The van der Waals surface area contributed by atoms with Crippen LogP contribution in [0.4, 0.5) is 4.79 Å². The quantitative estimate of drug-likeness (QED) is 0.494. The molecule has 0 aliphatic carbocycles. The zero-order valence-corrected chi connectivity index (χ0v) is 5.92. The smallest absolute Gasteiger partial charge is 0.314 e. The number of urea groups is 1. The molecule has 2 N–H and O–H groups in total. The summed E-state index contributed by atoms with van der Waals surface area (Å²) in [6, 6.07) is -0.326. The average molecular weight is 142 g/mol. The molecule has 0 bridgehead atoms. The van der Waals surface area contributed by atoms with Crippen LogP contribution in [0.15, 0.2) is 0 Å². The van der Waals surface area contributed by atoms with E-state index in [4.69, 9.17) is 5.73 Å². The van der Waals surface area contributed by atoms with E-state index in [0.717, 1.165) is 13.1 Å². The highest BCUT2D eigenvalue weighted by Gasteiger charge is 2.15. The highest BCUT2D eigenvalue weighted by molar-refractivity contribution is 5.72. The molecule has 0 atom stereocenters. The maximum absolute atomic E-state index is 10.6. The number of nitrogens with zero attached hydrogens (tertiary/aromatic N) is 2. The number of nitrogens with two attached hydrogens (primary N) is 1. The van der Waals surface area contributed by atoms with Crippen molar-refractivity contribution >= 4 is 6.03 Å². The van der Waals surface area contributed by atoms with Crippen LogP contribution in [0.2, 0.25) is 0 Å². The van der Waals surface area contributed by atoms with Crippen LogP contribution in [-0.2, 0) is 0 Å². The van der Waals surface area contributed by atoms with Crippen molar-refractivity contribution in [2.75, 3.05) is 26.2 Å². The normalized spacial score (nSPS) is 21.1. The molecule has 2 amide bonds. The molecule has 1 aliphatic rings. The first-order valence-corrected chi connectivity index (χ1v) is 3.30. The van der Waals surface area contributed by atoms with Gasteiger partial charge < -0.3 is 10.6 Å². The molecule has 1 radical (unpaired) electrons. The molecule has 0 aromatic heterocycles. The molecule has 0 aromatic rings. The van der Waals surface area contributed by atoms with E-state index >= 15 is 0 Å². The van der Waals surface area contributed by atoms with Crippen LogP contribution in [-0.4, -0.2) is 42.0 Å². The van der Waals surface area contributed by atoms with Gasteiger partial charge in [-0.3, -0.25) is 4.90 Å². The fourth-order valence-corrected chi connectivity index (χ4v) is 0.968. The molecule has 0 aromatic carbocycles. The second-order valence-corrected chi connectivity index (χ2v) is 2.44. The van der Waals surface area contributed by atoms with E-state index in [-0.39, 0.29) is 6.03 Å². The molecule has 1 heterocycles. The molecule has 1 saturated heterocycles. The number of piperazine rings is 1. The molecule has 4 heteroatoms. The molecule has 4 nitrogen and oxygen atoms in total. The second-order valence-electron chi connectivity index (χ2n) is 2.44. The molecule has 0 spiro atoms. The fourth-order valence-electron chi connectivity index (χ4n) is 0.968. The van der Waals surface area contributed by atoms with Gasteiger partial charge in [0, 0.05) is 33.2 Å². The predicted molar refractivity (Wildman–Crippen MR) is 38.1 cm³/mol. The van der Waals surface area contributed by atoms with E-state index in [2.05, 4.69) is 7.05 Å². The van der Waals surface area contributed by atoms with Gasteiger partial charge in [-0.1, -0.05) is 0 Å². The number of amides is 2. The van der Waals surface area contributed by atoms with Crippen molar-refractivity contribution in [1.29, 1.82) is 0 Å². The Morgan fingerprint density at radius 2 is 1.80 bits per heavy atom. The summed E-state index contributed by atoms with van der Waals surface area (Å²) in [7, 11) is 3.75. The van der Waals surface area contributed by atoms with E-state index in [1.54, 1.807) is 4.90 Å². The number of hydrogen-bond acceptors (Lipinski definition) is 2. The lowest BCUT2D eigenvalue weighted by molar-refractivity contribution is 0.169. The van der Waals surface area contributed by atoms with Gasteiger partial charge in [-0.05, 0) is 0 Å². The van der Waals surface area contributed by atoms with Crippen LogP contribution in [0.25, 0.3) is 0 Å². The Hall–Kier alpha value is -0.770. The Balaban J connectivity index is 2.33. The van der Waals surface area contributed by atoms with Crippen molar-refractivity contribution in [2.24, 2.45) is 5.73 Å². The standard InChI is InChI=1S/C6H12N3O/c1-8-2-4-9(5-3-8)6(7)10/h1-5H2,(H2,7,10). The summed E-state index contributed by atoms with van der Waals surface area (Å²) in [5.74, 6) is 0. The van der Waals surface area contributed by atoms with Gasteiger partial charge in [0.05, 0.1) is 0 Å². The first kappa shape index (κ1) is 7.34. The van der Waals surface area contributed by atoms with Crippen molar-refractivity contribution in [3.63, 3.8) is 0 Å². The van der Waals surface area contributed by atoms with Crippen LogP contribution >= 0.6 is 0 Å². The largest absolute Gasteiger partial charge is 0.351 e. The van der Waals surface area contributed by atoms with Crippen LogP contribution < -0.4 is 5.73 Å². The Morgan fingerprint density at radius 3 is 2.20 bits per heavy atom. The first-order chi connectivity index (χ1) is 4.70. The van der Waals surface area contributed by atoms with Gasteiger partial charge in [-0.2, -0.15) is 0 Å². The van der Waals surface area contributed by atoms with E-state index in [0.29, 0.717) is 13.1 Å². The molecular formula is C6H12N3O. The number of hydrogen-bond donors (Lipinski definition) is 1. The predicted octanol–water partition coefficient (Wildman–Crippen LogP) is -0.526. The van der Waals surface area contributed by atoms with Gasteiger partial charge in [0.15, 0.2) is 0 Å². The highest BCUT2D eigenvalue weighted by Crippen LogP contribution is 1.98. The molecule has 10 heavy (non-hydrogen) atoms. The van der Waals surface area contributed by atoms with Crippen molar-refractivity contribution in [2.45, 2.75) is 0 Å². The van der Waals surface area contributed by atoms with Crippen LogP contribution in [0.5, 0.6) is 0 Å². The SMILES string of the molecule is [CH2]N1CCN(C(N)=O)CC1. The van der Waals surface area contributed by atoms with E-state index in [1.807, 2.05) is 4.90 Å². The molecule has 0 unspecified atom stereocenters. The van der Waals surface area contributed by atoms with Crippen molar-refractivity contribution in [3.05, 3.63) is 7.05 Å². The Bertz CT molecular complexity index is 129. The summed E-state index contributed by atoms with van der Waals surface area (Å²) >= 11 is 0. The van der Waals surface area contributed by atoms with Gasteiger partial charge in [-0.25, -0.2) is 4.79 Å². The number of carbonyl (C=O) groups excluding carboxylic acids is 1. The first-order valence-electron chi connectivity index (χ1n) is 3.30. The maximum atomic E-state index is 10.6. The summed E-state index contributed by atoms with van der Waals surface area (Å²) < 4.78 is 0. The molecule has 1 aliphatic heterocycles. The third kappa shape index (κ3) is 1.60. The summed E-state index contributed by atoms with van der Waals surface area (Å²) in [6.07, 6.45) is 0. The number of rotatable bonds is 0. The molecule has 0 saturated carbocycles. The summed E-state index contributed by atoms with van der Waals surface area (Å²) in [4.78, 5) is 14.1. The van der Waals surface area contributed by atoms with Crippen LogP contribution in [0.1, 0.15) is 0 Å². The lowest BCUT2D eigenvalue weighted by Crippen LogP contribution is -2.48. The minimum atomic E-state index is -0.326. The zero-order chi connectivity index (χ0) is 7.56. The molecule has 57 valence electrons. The van der Waals surface area contributed by atoms with Gasteiger partial charge in [0.1, 0.15) is 0 Å². The third-order valence-electron chi connectivity index (χ3n) is 1.68. The second kappa shape index (κ2) is 2.88. The topological polar surface area (TPSA) is 49.6 Å². The Kier molecular flexibility index (Phi) is 2.11.